The molecule has 5 aromatic rings. The number of benzene rings is 4. The SMILES string of the molecule is O=C(Cn1c(CCc2cccc(F)c2F)nc(=O)c2ccccc21)N(CCCN1CCCC1)Cc1ccc(-c2ccc(C(F)(F)F)cc2)cc1.O=C(O)C(O)C(O)C(=O)O. The molecule has 0 radical (unpaired) electrons. The summed E-state index contributed by atoms with van der Waals surface area (Å²) in [5.41, 5.74) is 1.73. The molecule has 1 aliphatic heterocycles. The van der Waals surface area contributed by atoms with Crippen molar-refractivity contribution >= 4 is 28.7 Å². The summed E-state index contributed by atoms with van der Waals surface area (Å²) in [4.78, 5) is 55.2. The van der Waals surface area contributed by atoms with E-state index >= 15 is 0 Å². The van der Waals surface area contributed by atoms with Crippen LogP contribution in [0, 0.1) is 11.6 Å². The highest BCUT2D eigenvalue weighted by atomic mass is 19.4. The van der Waals surface area contributed by atoms with Gasteiger partial charge in [-0.2, -0.15) is 18.2 Å². The van der Waals surface area contributed by atoms with Crippen molar-refractivity contribution in [3.05, 3.63) is 135 Å². The molecule has 2 atom stereocenters. The molecule has 12 nitrogen and oxygen atoms in total. The zero-order chi connectivity index (χ0) is 43.6. The summed E-state index contributed by atoms with van der Waals surface area (Å²) in [5, 5.41) is 32.9. The standard InChI is InChI=1S/C39H37F5N4O2.C4H6O6/c40-33-9-5-7-30(37(33)41)17-20-35-45-38(50)32-8-1-2-10-34(32)48(35)26-36(49)47(24-6-23-46-21-3-4-22-46)25-27-11-13-28(14-12-27)29-15-18-31(19-16-29)39(42,43)44;5-1(3(7)8)2(6)4(9)10/h1-2,5,7-16,18-19H,3-4,6,17,20-26H2;1-2,5-6H,(H,7,8)(H,9,10). The van der Waals surface area contributed by atoms with Gasteiger partial charge in [0.05, 0.1) is 16.5 Å². The number of carbonyl (C=O) groups is 3. The smallest absolute Gasteiger partial charge is 0.416 e. The predicted molar refractivity (Wildman–Crippen MR) is 210 cm³/mol. The first-order valence-corrected chi connectivity index (χ1v) is 19.0. The Bertz CT molecular complexity index is 2310. The maximum absolute atomic E-state index is 14.5. The van der Waals surface area contributed by atoms with E-state index in [0.717, 1.165) is 68.2 Å². The Kier molecular flexibility index (Phi) is 15.2. The van der Waals surface area contributed by atoms with Gasteiger partial charge in [-0.15, -0.1) is 0 Å². The number of para-hydroxylation sites is 1. The molecular formula is C43H43F5N4O8. The van der Waals surface area contributed by atoms with Gasteiger partial charge in [-0.25, -0.2) is 18.4 Å². The molecule has 1 amide bonds. The molecule has 0 spiro atoms. The second kappa shape index (κ2) is 20.3. The minimum absolute atomic E-state index is 0.0768. The van der Waals surface area contributed by atoms with Gasteiger partial charge in [0.1, 0.15) is 12.4 Å². The van der Waals surface area contributed by atoms with E-state index in [1.54, 1.807) is 33.7 Å². The topological polar surface area (TPSA) is 174 Å². The molecule has 0 saturated carbocycles. The Morgan fingerprint density at radius 1 is 0.783 bits per heavy atom. The van der Waals surface area contributed by atoms with E-state index in [0.29, 0.717) is 35.4 Å². The number of hydrogen-bond donors (Lipinski definition) is 4. The number of nitrogens with zero attached hydrogens (tertiary/aromatic N) is 4. The Morgan fingerprint density at radius 3 is 1.98 bits per heavy atom. The number of fused-ring (bicyclic) bond motifs is 1. The number of aliphatic hydroxyl groups is 2. The van der Waals surface area contributed by atoms with Crippen LogP contribution in [0.5, 0.6) is 0 Å². The van der Waals surface area contributed by atoms with E-state index in [-0.39, 0.29) is 30.9 Å². The third kappa shape index (κ3) is 11.8. The lowest BCUT2D eigenvalue weighted by Gasteiger charge is -2.26. The van der Waals surface area contributed by atoms with E-state index in [1.165, 1.54) is 24.3 Å². The van der Waals surface area contributed by atoms with Crippen LogP contribution in [0.3, 0.4) is 0 Å². The van der Waals surface area contributed by atoms with E-state index in [9.17, 15) is 41.1 Å². The second-order valence-corrected chi connectivity index (χ2v) is 14.2. The van der Waals surface area contributed by atoms with E-state index in [1.807, 2.05) is 24.3 Å². The zero-order valence-electron chi connectivity index (χ0n) is 32.2. The number of halogens is 5. The molecule has 2 heterocycles. The van der Waals surface area contributed by atoms with Gasteiger partial charge in [0.15, 0.2) is 23.8 Å². The molecule has 0 aliphatic carbocycles. The summed E-state index contributed by atoms with van der Waals surface area (Å²) in [7, 11) is 0. The van der Waals surface area contributed by atoms with Crippen LogP contribution in [0.25, 0.3) is 22.0 Å². The summed E-state index contributed by atoms with van der Waals surface area (Å²) in [6.07, 6.45) is -5.70. The maximum atomic E-state index is 14.5. The van der Waals surface area contributed by atoms with Gasteiger partial charge in [0.25, 0.3) is 5.56 Å². The molecule has 1 saturated heterocycles. The van der Waals surface area contributed by atoms with Crippen molar-refractivity contribution in [1.82, 2.24) is 19.4 Å². The van der Waals surface area contributed by atoms with Gasteiger partial charge < -0.3 is 34.8 Å². The summed E-state index contributed by atoms with van der Waals surface area (Å²) in [5.74, 6) is -5.36. The van der Waals surface area contributed by atoms with Crippen molar-refractivity contribution < 1.29 is 56.8 Å². The van der Waals surface area contributed by atoms with Crippen molar-refractivity contribution in [2.24, 2.45) is 0 Å². The van der Waals surface area contributed by atoms with Crippen molar-refractivity contribution in [1.29, 1.82) is 0 Å². The first-order valence-electron chi connectivity index (χ1n) is 19.0. The highest BCUT2D eigenvalue weighted by Gasteiger charge is 2.30. The number of hydrogen-bond acceptors (Lipinski definition) is 8. The van der Waals surface area contributed by atoms with Crippen LogP contribution in [-0.2, 0) is 46.5 Å². The monoisotopic (exact) mass is 838 g/mol. The normalized spacial score (nSPS) is 14.0. The van der Waals surface area contributed by atoms with Crippen molar-refractivity contribution in [3.8, 4) is 11.1 Å². The first-order chi connectivity index (χ1) is 28.5. The van der Waals surface area contributed by atoms with Crippen LogP contribution < -0.4 is 5.56 Å². The van der Waals surface area contributed by atoms with Crippen LogP contribution in [0.4, 0.5) is 22.0 Å². The largest absolute Gasteiger partial charge is 0.479 e. The van der Waals surface area contributed by atoms with Crippen LogP contribution in [0.2, 0.25) is 0 Å². The second-order valence-electron chi connectivity index (χ2n) is 14.2. The Hall–Kier alpha value is -6.04. The molecule has 4 aromatic carbocycles. The molecule has 4 N–H and O–H groups in total. The van der Waals surface area contributed by atoms with Crippen LogP contribution in [-0.4, -0.2) is 96.0 Å². The fourth-order valence-electron chi connectivity index (χ4n) is 6.79. The minimum atomic E-state index is -4.41. The molecule has 1 aromatic heterocycles. The number of carbonyl (C=O) groups excluding carboxylic acids is 1. The van der Waals surface area contributed by atoms with Gasteiger partial charge in [-0.3, -0.25) is 9.59 Å². The van der Waals surface area contributed by atoms with Crippen LogP contribution in [0.15, 0.2) is 95.8 Å². The number of amides is 1. The molecule has 0 bridgehead atoms. The van der Waals surface area contributed by atoms with Crippen LogP contribution in [0.1, 0.15) is 41.8 Å². The Balaban J connectivity index is 0.000000606. The third-order valence-electron chi connectivity index (χ3n) is 10.0. The molecule has 60 heavy (non-hydrogen) atoms. The van der Waals surface area contributed by atoms with Gasteiger partial charge in [-0.1, -0.05) is 60.7 Å². The number of aliphatic carboxylic acids is 2. The molecule has 1 aliphatic rings. The first kappa shape index (κ1) is 45.1. The van der Waals surface area contributed by atoms with Crippen LogP contribution >= 0.6 is 0 Å². The summed E-state index contributed by atoms with van der Waals surface area (Å²) >= 11 is 0. The molecule has 17 heteroatoms. The average molecular weight is 839 g/mol. The third-order valence-corrected chi connectivity index (χ3v) is 10.0. The van der Waals surface area contributed by atoms with E-state index < -0.39 is 53.1 Å². The van der Waals surface area contributed by atoms with Gasteiger partial charge in [0, 0.05) is 19.5 Å². The summed E-state index contributed by atoms with van der Waals surface area (Å²) in [6, 6.07) is 23.2. The number of aliphatic hydroxyl groups excluding tert-OH is 2. The number of aromatic nitrogens is 2. The molecule has 2 unspecified atom stereocenters. The van der Waals surface area contributed by atoms with E-state index in [2.05, 4.69) is 9.88 Å². The molecule has 1 fully saturated rings. The highest BCUT2D eigenvalue weighted by molar-refractivity contribution is 5.83. The maximum Gasteiger partial charge on any atom is 0.416 e. The number of likely N-dealkylation sites (tertiary alicyclic amines) is 1. The fourth-order valence-corrected chi connectivity index (χ4v) is 6.79. The summed E-state index contributed by atoms with van der Waals surface area (Å²) in [6.45, 7) is 3.56. The quantitative estimate of drug-likeness (QED) is 0.0982. The van der Waals surface area contributed by atoms with Gasteiger partial charge in [0.2, 0.25) is 5.91 Å². The van der Waals surface area contributed by atoms with Crippen molar-refractivity contribution in [2.45, 2.75) is 63.6 Å². The Labute approximate surface area is 340 Å². The zero-order valence-corrected chi connectivity index (χ0v) is 32.2. The number of alkyl halides is 3. The molecule has 6 rings (SSSR count). The van der Waals surface area contributed by atoms with Gasteiger partial charge in [-0.05, 0) is 97.9 Å². The average Bonchev–Trinajstić information content (AvgIpc) is 3.75. The number of rotatable bonds is 15. The number of carboxylic acid groups (broad SMARTS) is 2. The lowest BCUT2D eigenvalue weighted by atomic mass is 10.0. The summed E-state index contributed by atoms with van der Waals surface area (Å²) < 4.78 is 69.3. The lowest BCUT2D eigenvalue weighted by molar-refractivity contribution is -0.165. The predicted octanol–water partition coefficient (Wildman–Crippen LogP) is 5.54. The highest BCUT2D eigenvalue weighted by Crippen LogP contribution is 2.31. The van der Waals surface area contributed by atoms with Gasteiger partial charge >= 0.3 is 18.1 Å². The lowest BCUT2D eigenvalue weighted by Crippen LogP contribution is -2.39. The number of carboxylic acids is 2. The molecule has 318 valence electrons. The van der Waals surface area contributed by atoms with Crippen molar-refractivity contribution in [2.75, 3.05) is 26.2 Å². The van der Waals surface area contributed by atoms with Crippen molar-refractivity contribution in [3.63, 3.8) is 0 Å². The van der Waals surface area contributed by atoms with E-state index in [4.69, 9.17) is 20.4 Å². The Morgan fingerprint density at radius 2 is 1.38 bits per heavy atom. The minimum Gasteiger partial charge on any atom is -0.479 e. The number of aryl methyl sites for hydroxylation is 2. The molecular weight excluding hydrogens is 795 g/mol. The fraction of sp³-hybridized carbons (Fsp3) is 0.326.